The first-order chi connectivity index (χ1) is 11.1. The van der Waals surface area contributed by atoms with Crippen molar-refractivity contribution in [2.45, 2.75) is 13.0 Å². The topological polar surface area (TPSA) is 46.6 Å². The number of hydrogen-bond acceptors (Lipinski definition) is 3. The van der Waals surface area contributed by atoms with E-state index in [0.29, 0.717) is 5.56 Å². The zero-order chi connectivity index (χ0) is 16.7. The minimum absolute atomic E-state index is 0.116. The van der Waals surface area contributed by atoms with Crippen molar-refractivity contribution in [3.8, 4) is 0 Å². The summed E-state index contributed by atoms with van der Waals surface area (Å²) in [7, 11) is 1.54. The molecule has 0 saturated heterocycles. The van der Waals surface area contributed by atoms with Crippen LogP contribution in [0.5, 0.6) is 0 Å². The molecule has 1 amide bonds. The molecule has 0 aliphatic rings. The maximum Gasteiger partial charge on any atom is 0.310 e. The molecule has 0 fully saturated rings. The molecule has 0 aliphatic heterocycles. The van der Waals surface area contributed by atoms with E-state index in [0.717, 1.165) is 5.56 Å². The fraction of sp³-hybridized carbons (Fsp3) is 0.222. The van der Waals surface area contributed by atoms with Crippen LogP contribution in [0.4, 0.5) is 4.39 Å². The van der Waals surface area contributed by atoms with Gasteiger partial charge in [-0.25, -0.2) is 4.39 Å². The molecule has 0 heterocycles. The van der Waals surface area contributed by atoms with Gasteiger partial charge in [-0.15, -0.1) is 0 Å². The van der Waals surface area contributed by atoms with Crippen molar-refractivity contribution in [3.63, 3.8) is 0 Å². The monoisotopic (exact) mass is 315 g/mol. The first-order valence-electron chi connectivity index (χ1n) is 7.23. The van der Waals surface area contributed by atoms with Gasteiger partial charge in [0.2, 0.25) is 0 Å². The number of hydrogen-bond donors (Lipinski definition) is 0. The molecule has 0 unspecified atom stereocenters. The molecule has 0 atom stereocenters. The summed E-state index contributed by atoms with van der Waals surface area (Å²) in [5.41, 5.74) is 1.24. The average molecular weight is 315 g/mol. The number of halogens is 1. The first-order valence-corrected chi connectivity index (χ1v) is 7.23. The second-order valence-corrected chi connectivity index (χ2v) is 5.16. The molecule has 0 radical (unpaired) electrons. The van der Waals surface area contributed by atoms with E-state index in [4.69, 9.17) is 4.74 Å². The summed E-state index contributed by atoms with van der Waals surface area (Å²) >= 11 is 0. The zero-order valence-electron chi connectivity index (χ0n) is 12.9. The van der Waals surface area contributed by atoms with Gasteiger partial charge < -0.3 is 9.64 Å². The summed E-state index contributed by atoms with van der Waals surface area (Å²) in [5.74, 6) is -1.22. The molecule has 0 bridgehead atoms. The number of ether oxygens (including phenoxy) is 1. The fourth-order valence-electron chi connectivity index (χ4n) is 2.04. The molecule has 0 aromatic heterocycles. The van der Waals surface area contributed by atoms with Gasteiger partial charge >= 0.3 is 5.97 Å². The number of carbonyl (C=O) groups is 2. The van der Waals surface area contributed by atoms with E-state index in [1.165, 1.54) is 11.0 Å². The normalized spacial score (nSPS) is 10.2. The average Bonchev–Trinajstić information content (AvgIpc) is 2.55. The number of esters is 1. The predicted octanol–water partition coefficient (Wildman–Crippen LogP) is 2.57. The van der Waals surface area contributed by atoms with Gasteiger partial charge in [0.05, 0.1) is 6.42 Å². The van der Waals surface area contributed by atoms with E-state index in [1.54, 1.807) is 25.2 Å². The van der Waals surface area contributed by atoms with E-state index in [-0.39, 0.29) is 31.3 Å². The van der Waals surface area contributed by atoms with E-state index in [2.05, 4.69) is 0 Å². The van der Waals surface area contributed by atoms with Gasteiger partial charge in [-0.05, 0) is 11.6 Å². The summed E-state index contributed by atoms with van der Waals surface area (Å²) in [6.45, 7) is -0.224. The highest BCUT2D eigenvalue weighted by Crippen LogP contribution is 2.09. The van der Waals surface area contributed by atoms with Gasteiger partial charge in [-0.1, -0.05) is 48.5 Å². The molecule has 2 aromatic carbocycles. The highest BCUT2D eigenvalue weighted by molar-refractivity contribution is 5.81. The third kappa shape index (κ3) is 5.21. The van der Waals surface area contributed by atoms with Crippen LogP contribution in [-0.4, -0.2) is 30.4 Å². The number of carbonyl (C=O) groups excluding carboxylic acids is 2. The summed E-state index contributed by atoms with van der Waals surface area (Å²) in [6.07, 6.45) is 0.116. The Bertz CT molecular complexity index is 673. The van der Waals surface area contributed by atoms with E-state index < -0.39 is 5.97 Å². The van der Waals surface area contributed by atoms with Crippen molar-refractivity contribution in [1.82, 2.24) is 4.90 Å². The van der Waals surface area contributed by atoms with Gasteiger partial charge in [-0.3, -0.25) is 9.59 Å². The van der Waals surface area contributed by atoms with E-state index in [1.807, 2.05) is 30.3 Å². The number of likely N-dealkylation sites (N-methyl/N-ethyl adjacent to an activating group) is 1. The van der Waals surface area contributed by atoms with Gasteiger partial charge in [-0.2, -0.15) is 0 Å². The van der Waals surface area contributed by atoms with Crippen LogP contribution >= 0.6 is 0 Å². The quantitative estimate of drug-likeness (QED) is 0.770. The third-order valence-corrected chi connectivity index (χ3v) is 3.34. The van der Waals surface area contributed by atoms with E-state index >= 15 is 0 Å². The number of amides is 1. The van der Waals surface area contributed by atoms with Crippen molar-refractivity contribution >= 4 is 11.9 Å². The van der Waals surface area contributed by atoms with Crippen LogP contribution in [0.3, 0.4) is 0 Å². The predicted molar refractivity (Wildman–Crippen MR) is 84.0 cm³/mol. The molecule has 0 N–H and O–H groups in total. The lowest BCUT2D eigenvalue weighted by Gasteiger charge is -2.17. The minimum atomic E-state index is -0.469. The maximum absolute atomic E-state index is 13.5. The van der Waals surface area contributed by atoms with Crippen LogP contribution in [0.25, 0.3) is 0 Å². The van der Waals surface area contributed by atoms with E-state index in [9.17, 15) is 14.0 Å². The molecule has 4 nitrogen and oxygen atoms in total. The van der Waals surface area contributed by atoms with Crippen LogP contribution in [0.15, 0.2) is 54.6 Å². The fourth-order valence-corrected chi connectivity index (χ4v) is 2.04. The molecule has 120 valence electrons. The molecular formula is C18H18FNO3. The zero-order valence-corrected chi connectivity index (χ0v) is 12.9. The summed E-state index contributed by atoms with van der Waals surface area (Å²) < 4.78 is 18.5. The van der Waals surface area contributed by atoms with Gasteiger partial charge in [0.15, 0.2) is 6.61 Å². The SMILES string of the molecule is CN(Cc1ccccc1F)C(=O)COC(=O)Cc1ccccc1. The van der Waals surface area contributed by atoms with Gasteiger partial charge in [0.1, 0.15) is 5.82 Å². The lowest BCUT2D eigenvalue weighted by Crippen LogP contribution is -2.31. The Morgan fingerprint density at radius 3 is 2.39 bits per heavy atom. The largest absolute Gasteiger partial charge is 0.455 e. The Kier molecular flexibility index (Phi) is 5.86. The molecule has 2 rings (SSSR count). The van der Waals surface area contributed by atoms with Crippen molar-refractivity contribution < 1.29 is 18.7 Å². The van der Waals surface area contributed by atoms with Crippen LogP contribution in [0, 0.1) is 5.82 Å². The van der Waals surface area contributed by atoms with Gasteiger partial charge in [0.25, 0.3) is 5.91 Å². The second kappa shape index (κ2) is 8.08. The Labute approximate surface area is 134 Å². The molecule has 2 aromatic rings. The van der Waals surface area contributed by atoms with Crippen molar-refractivity contribution in [1.29, 1.82) is 0 Å². The van der Waals surface area contributed by atoms with Crippen LogP contribution in [0.2, 0.25) is 0 Å². The maximum atomic E-state index is 13.5. The Hall–Kier alpha value is -2.69. The van der Waals surface area contributed by atoms with Crippen LogP contribution in [0.1, 0.15) is 11.1 Å². The van der Waals surface area contributed by atoms with Crippen molar-refractivity contribution in [3.05, 3.63) is 71.5 Å². The Morgan fingerprint density at radius 2 is 1.70 bits per heavy atom. The molecular weight excluding hydrogens is 297 g/mol. The van der Waals surface area contributed by atoms with Crippen molar-refractivity contribution in [2.75, 3.05) is 13.7 Å². The highest BCUT2D eigenvalue weighted by Gasteiger charge is 2.14. The second-order valence-electron chi connectivity index (χ2n) is 5.16. The van der Waals surface area contributed by atoms with Crippen LogP contribution in [-0.2, 0) is 27.3 Å². The molecule has 0 spiro atoms. The summed E-state index contributed by atoms with van der Waals surface area (Å²) in [4.78, 5) is 25.0. The number of nitrogens with zero attached hydrogens (tertiary/aromatic N) is 1. The lowest BCUT2D eigenvalue weighted by atomic mass is 10.2. The first kappa shape index (κ1) is 16.7. The molecule has 0 saturated carbocycles. The summed E-state index contributed by atoms with van der Waals surface area (Å²) in [6, 6.07) is 15.4. The molecule has 5 heteroatoms. The smallest absolute Gasteiger partial charge is 0.310 e. The lowest BCUT2D eigenvalue weighted by molar-refractivity contribution is -0.151. The van der Waals surface area contributed by atoms with Crippen LogP contribution < -0.4 is 0 Å². The van der Waals surface area contributed by atoms with Crippen molar-refractivity contribution in [2.24, 2.45) is 0 Å². The highest BCUT2D eigenvalue weighted by atomic mass is 19.1. The Morgan fingerprint density at radius 1 is 1.04 bits per heavy atom. The molecule has 0 aliphatic carbocycles. The number of rotatable bonds is 6. The van der Waals surface area contributed by atoms with Gasteiger partial charge in [0, 0.05) is 19.2 Å². The standard InChI is InChI=1S/C18H18FNO3/c1-20(12-15-9-5-6-10-16(15)19)17(21)13-23-18(22)11-14-7-3-2-4-8-14/h2-10H,11-13H2,1H3. The Balaban J connectivity index is 1.80. The summed E-state index contributed by atoms with van der Waals surface area (Å²) in [5, 5.41) is 0. The molecule has 23 heavy (non-hydrogen) atoms. The number of benzene rings is 2. The minimum Gasteiger partial charge on any atom is -0.455 e. The third-order valence-electron chi connectivity index (χ3n) is 3.34.